The first kappa shape index (κ1) is 18.3. The first-order valence-corrected chi connectivity index (χ1v) is 7.55. The molecule has 1 aliphatic rings. The number of nitrogens with one attached hydrogen (secondary N) is 1. The summed E-state index contributed by atoms with van der Waals surface area (Å²) in [6, 6.07) is -2.16. The number of carboxylic acid groups (broad SMARTS) is 1. The Kier molecular flexibility index (Phi) is 5.79. The Morgan fingerprint density at radius 2 is 1.86 bits per heavy atom. The zero-order valence-electron chi connectivity index (χ0n) is 13.9. The van der Waals surface area contributed by atoms with Gasteiger partial charge in [-0.1, -0.05) is 13.8 Å². The standard InChI is InChI=1S/C15H26N2O5/c1-9(2)11(12(18)19)16-14(21)17-8-6-7-10(17)13(20)22-15(3,4)5/h9-11H,6-8H2,1-5H3,(H,16,21)(H,18,19)/t10-,11-/m0/s1. The molecule has 1 saturated heterocycles. The lowest BCUT2D eigenvalue weighted by Gasteiger charge is -2.29. The van der Waals surface area contributed by atoms with Crippen molar-refractivity contribution in [3.05, 3.63) is 0 Å². The highest BCUT2D eigenvalue weighted by molar-refractivity contribution is 5.87. The van der Waals surface area contributed by atoms with Crippen molar-refractivity contribution in [1.82, 2.24) is 10.2 Å². The third kappa shape index (κ3) is 4.89. The summed E-state index contributed by atoms with van der Waals surface area (Å²) in [6.45, 7) is 9.15. The van der Waals surface area contributed by atoms with Crippen LogP contribution in [0.5, 0.6) is 0 Å². The smallest absolute Gasteiger partial charge is 0.329 e. The Hall–Kier alpha value is -1.79. The molecular weight excluding hydrogens is 288 g/mol. The fourth-order valence-electron chi connectivity index (χ4n) is 2.35. The molecule has 2 atom stereocenters. The van der Waals surface area contributed by atoms with Crippen LogP contribution in [0.15, 0.2) is 0 Å². The molecular formula is C15H26N2O5. The van der Waals surface area contributed by atoms with Gasteiger partial charge in [0.2, 0.25) is 0 Å². The molecule has 7 nitrogen and oxygen atoms in total. The number of carbonyl (C=O) groups is 3. The lowest BCUT2D eigenvalue weighted by molar-refractivity contribution is -0.159. The minimum Gasteiger partial charge on any atom is -0.480 e. The van der Waals surface area contributed by atoms with E-state index in [1.807, 2.05) is 0 Å². The molecule has 2 amide bonds. The molecule has 1 rings (SSSR count). The normalized spacial score (nSPS) is 19.9. The molecule has 2 N–H and O–H groups in total. The van der Waals surface area contributed by atoms with E-state index in [0.29, 0.717) is 19.4 Å². The number of carbonyl (C=O) groups excluding carboxylic acids is 2. The van der Waals surface area contributed by atoms with Crippen molar-refractivity contribution in [2.45, 2.75) is 65.1 Å². The zero-order valence-corrected chi connectivity index (χ0v) is 13.9. The molecule has 7 heteroatoms. The second-order valence-electron chi connectivity index (χ2n) is 6.89. The third-order valence-electron chi connectivity index (χ3n) is 3.40. The molecule has 1 heterocycles. The maximum absolute atomic E-state index is 12.3. The van der Waals surface area contributed by atoms with Gasteiger partial charge < -0.3 is 20.1 Å². The van der Waals surface area contributed by atoms with Gasteiger partial charge in [-0.3, -0.25) is 0 Å². The lowest BCUT2D eigenvalue weighted by atomic mass is 10.1. The van der Waals surface area contributed by atoms with Gasteiger partial charge in [0, 0.05) is 6.54 Å². The van der Waals surface area contributed by atoms with Crippen LogP contribution < -0.4 is 5.32 Å². The Balaban J connectivity index is 2.75. The summed E-state index contributed by atoms with van der Waals surface area (Å²) >= 11 is 0. The molecule has 0 bridgehead atoms. The van der Waals surface area contributed by atoms with E-state index in [2.05, 4.69) is 5.32 Å². The van der Waals surface area contributed by atoms with E-state index < -0.39 is 35.7 Å². The number of carboxylic acids is 1. The first-order chi connectivity index (χ1) is 10.0. The van der Waals surface area contributed by atoms with E-state index in [1.54, 1.807) is 34.6 Å². The van der Waals surface area contributed by atoms with Gasteiger partial charge >= 0.3 is 18.0 Å². The number of likely N-dealkylation sites (tertiary alicyclic amines) is 1. The van der Waals surface area contributed by atoms with Crippen LogP contribution in [-0.4, -0.2) is 52.2 Å². The monoisotopic (exact) mass is 314 g/mol. The molecule has 0 aromatic rings. The van der Waals surface area contributed by atoms with Crippen molar-refractivity contribution in [2.75, 3.05) is 6.54 Å². The summed E-state index contributed by atoms with van der Waals surface area (Å²) in [4.78, 5) is 37.0. The Bertz CT molecular complexity index is 442. The van der Waals surface area contributed by atoms with E-state index in [4.69, 9.17) is 9.84 Å². The quantitative estimate of drug-likeness (QED) is 0.769. The van der Waals surface area contributed by atoms with E-state index in [-0.39, 0.29) is 5.92 Å². The molecule has 0 saturated carbocycles. The highest BCUT2D eigenvalue weighted by atomic mass is 16.6. The Morgan fingerprint density at radius 1 is 1.27 bits per heavy atom. The molecule has 126 valence electrons. The lowest BCUT2D eigenvalue weighted by Crippen LogP contribution is -2.53. The topological polar surface area (TPSA) is 95.9 Å². The number of aliphatic carboxylic acids is 1. The Labute approximate surface area is 131 Å². The fourth-order valence-corrected chi connectivity index (χ4v) is 2.35. The van der Waals surface area contributed by atoms with Crippen LogP contribution >= 0.6 is 0 Å². The molecule has 22 heavy (non-hydrogen) atoms. The van der Waals surface area contributed by atoms with Gasteiger partial charge in [-0.05, 0) is 39.5 Å². The van der Waals surface area contributed by atoms with E-state index in [0.717, 1.165) is 0 Å². The summed E-state index contributed by atoms with van der Waals surface area (Å²) in [5.41, 5.74) is -0.622. The third-order valence-corrected chi connectivity index (χ3v) is 3.40. The first-order valence-electron chi connectivity index (χ1n) is 7.55. The average molecular weight is 314 g/mol. The summed E-state index contributed by atoms with van der Waals surface area (Å²) in [5, 5.41) is 11.6. The summed E-state index contributed by atoms with van der Waals surface area (Å²) in [7, 11) is 0. The van der Waals surface area contributed by atoms with Gasteiger partial charge in [0.15, 0.2) is 0 Å². The van der Waals surface area contributed by atoms with Crippen molar-refractivity contribution < 1.29 is 24.2 Å². The average Bonchev–Trinajstić information content (AvgIpc) is 2.81. The maximum atomic E-state index is 12.3. The molecule has 0 spiro atoms. The highest BCUT2D eigenvalue weighted by Crippen LogP contribution is 2.21. The molecule has 0 aliphatic carbocycles. The number of nitrogens with zero attached hydrogens (tertiary/aromatic N) is 1. The van der Waals surface area contributed by atoms with Gasteiger partial charge in [-0.2, -0.15) is 0 Å². The van der Waals surface area contributed by atoms with Crippen LogP contribution in [-0.2, 0) is 14.3 Å². The van der Waals surface area contributed by atoms with Crippen molar-refractivity contribution in [3.8, 4) is 0 Å². The zero-order chi connectivity index (χ0) is 17.1. The summed E-state index contributed by atoms with van der Waals surface area (Å²) in [5.74, 6) is -1.78. The van der Waals surface area contributed by atoms with E-state index in [9.17, 15) is 14.4 Å². The number of rotatable bonds is 4. The van der Waals surface area contributed by atoms with Crippen LogP contribution in [0.25, 0.3) is 0 Å². The highest BCUT2D eigenvalue weighted by Gasteiger charge is 2.38. The number of urea groups is 1. The predicted octanol–water partition coefficient (Wildman–Crippen LogP) is 1.61. The molecule has 1 fully saturated rings. The largest absolute Gasteiger partial charge is 0.480 e. The molecule has 1 aliphatic heterocycles. The predicted molar refractivity (Wildman–Crippen MR) is 80.4 cm³/mol. The van der Waals surface area contributed by atoms with Gasteiger partial charge in [-0.25, -0.2) is 14.4 Å². The number of esters is 1. The summed E-state index contributed by atoms with van der Waals surface area (Å²) < 4.78 is 5.33. The molecule has 0 unspecified atom stereocenters. The number of ether oxygens (including phenoxy) is 1. The van der Waals surface area contributed by atoms with Gasteiger partial charge in [0.1, 0.15) is 17.7 Å². The molecule has 0 aromatic heterocycles. The van der Waals surface area contributed by atoms with Crippen molar-refractivity contribution in [2.24, 2.45) is 5.92 Å². The summed E-state index contributed by atoms with van der Waals surface area (Å²) in [6.07, 6.45) is 1.22. The van der Waals surface area contributed by atoms with E-state index in [1.165, 1.54) is 4.90 Å². The minimum atomic E-state index is -1.09. The maximum Gasteiger partial charge on any atom is 0.329 e. The van der Waals surface area contributed by atoms with Gasteiger partial charge in [0.05, 0.1) is 0 Å². The van der Waals surface area contributed by atoms with Crippen LogP contribution in [0.1, 0.15) is 47.5 Å². The van der Waals surface area contributed by atoms with Crippen LogP contribution in [0.3, 0.4) is 0 Å². The van der Waals surface area contributed by atoms with Crippen LogP contribution in [0.2, 0.25) is 0 Å². The second-order valence-corrected chi connectivity index (χ2v) is 6.89. The van der Waals surface area contributed by atoms with Crippen molar-refractivity contribution in [1.29, 1.82) is 0 Å². The van der Waals surface area contributed by atoms with Crippen molar-refractivity contribution in [3.63, 3.8) is 0 Å². The number of hydrogen-bond donors (Lipinski definition) is 2. The van der Waals surface area contributed by atoms with Crippen LogP contribution in [0, 0.1) is 5.92 Å². The molecule has 0 radical (unpaired) electrons. The second kappa shape index (κ2) is 6.98. The number of hydrogen-bond acceptors (Lipinski definition) is 4. The number of amides is 2. The van der Waals surface area contributed by atoms with Gasteiger partial charge in [0.25, 0.3) is 0 Å². The Morgan fingerprint density at radius 3 is 2.32 bits per heavy atom. The minimum absolute atomic E-state index is 0.246. The SMILES string of the molecule is CC(C)[C@H](NC(=O)N1CCC[C@H]1C(=O)OC(C)(C)C)C(=O)O. The van der Waals surface area contributed by atoms with E-state index >= 15 is 0 Å². The molecule has 0 aromatic carbocycles. The van der Waals surface area contributed by atoms with Crippen LogP contribution in [0.4, 0.5) is 4.79 Å². The fraction of sp³-hybridized carbons (Fsp3) is 0.800. The van der Waals surface area contributed by atoms with Gasteiger partial charge in [-0.15, -0.1) is 0 Å². The van der Waals surface area contributed by atoms with Crippen molar-refractivity contribution >= 4 is 18.0 Å².